The Morgan fingerprint density at radius 3 is 2.48 bits per heavy atom. The first-order chi connectivity index (χ1) is 16.0. The summed E-state index contributed by atoms with van der Waals surface area (Å²) in [4.78, 5) is 12.9. The average molecular weight is 442 g/mol. The highest BCUT2D eigenvalue weighted by Gasteiger charge is 2.25. The molecular formula is C29H31NO3. The molecule has 0 aromatic heterocycles. The number of rotatable bonds is 6. The molecule has 1 aliphatic rings. The molecule has 1 heterocycles. The molecule has 170 valence electrons. The second-order valence-corrected chi connectivity index (χ2v) is 8.25. The fourth-order valence-corrected chi connectivity index (χ4v) is 4.41. The van der Waals surface area contributed by atoms with Crippen LogP contribution in [0.4, 0.5) is 5.69 Å². The number of fused-ring (bicyclic) bond motifs is 2. The number of benzene rings is 3. The van der Waals surface area contributed by atoms with Gasteiger partial charge in [0.25, 0.3) is 0 Å². The maximum atomic E-state index is 12.9. The summed E-state index contributed by atoms with van der Waals surface area (Å²) < 4.78 is 11.9. The largest absolute Gasteiger partial charge is 0.462 e. The Morgan fingerprint density at radius 1 is 0.970 bits per heavy atom. The normalized spacial score (nSPS) is 12.6. The van der Waals surface area contributed by atoms with Crippen LogP contribution >= 0.6 is 0 Å². The van der Waals surface area contributed by atoms with Gasteiger partial charge in [-0.15, -0.1) is 0 Å². The van der Waals surface area contributed by atoms with Crippen molar-refractivity contribution in [1.82, 2.24) is 0 Å². The number of carbonyl (C=O) groups is 1. The Hall–Kier alpha value is -3.53. The van der Waals surface area contributed by atoms with E-state index in [0.717, 1.165) is 62.9 Å². The lowest BCUT2D eigenvalue weighted by Crippen LogP contribution is -2.23. The van der Waals surface area contributed by atoms with Gasteiger partial charge >= 0.3 is 5.97 Å². The van der Waals surface area contributed by atoms with Crippen molar-refractivity contribution in [3.05, 3.63) is 86.8 Å². The number of esters is 1. The summed E-state index contributed by atoms with van der Waals surface area (Å²) in [5, 5.41) is 5.57. The minimum atomic E-state index is -0.316. The first-order valence-electron chi connectivity index (χ1n) is 11.7. The van der Waals surface area contributed by atoms with E-state index in [2.05, 4.69) is 63.4 Å². The minimum Gasteiger partial charge on any atom is -0.462 e. The van der Waals surface area contributed by atoms with Crippen LogP contribution in [0.5, 0.6) is 11.5 Å². The van der Waals surface area contributed by atoms with Crippen molar-refractivity contribution < 1.29 is 14.3 Å². The lowest BCUT2D eigenvalue weighted by Gasteiger charge is -2.24. The van der Waals surface area contributed by atoms with Gasteiger partial charge in [0, 0.05) is 34.7 Å². The monoisotopic (exact) mass is 441 g/mol. The maximum Gasteiger partial charge on any atom is 0.338 e. The number of aryl methyl sites for hydroxylation is 2. The molecule has 33 heavy (non-hydrogen) atoms. The predicted octanol–water partition coefficient (Wildman–Crippen LogP) is 5.46. The van der Waals surface area contributed by atoms with Gasteiger partial charge in [-0.05, 0) is 80.3 Å². The third kappa shape index (κ3) is 4.25. The van der Waals surface area contributed by atoms with E-state index in [-0.39, 0.29) is 5.97 Å². The number of hydrogen-bond acceptors (Lipinski definition) is 4. The zero-order valence-corrected chi connectivity index (χ0v) is 20.0. The summed E-state index contributed by atoms with van der Waals surface area (Å²) in [5.74, 6) is 1.26. The van der Waals surface area contributed by atoms with Crippen LogP contribution < -0.4 is 20.5 Å². The van der Waals surface area contributed by atoms with Crippen molar-refractivity contribution in [2.24, 2.45) is 0 Å². The third-order valence-corrected chi connectivity index (χ3v) is 5.94. The molecule has 1 N–H and O–H groups in total. The number of anilines is 1. The van der Waals surface area contributed by atoms with Crippen molar-refractivity contribution in [3.8, 4) is 11.5 Å². The van der Waals surface area contributed by atoms with Crippen molar-refractivity contribution in [2.75, 3.05) is 18.5 Å². The van der Waals surface area contributed by atoms with Gasteiger partial charge in [-0.1, -0.05) is 31.2 Å². The second-order valence-electron chi connectivity index (χ2n) is 8.25. The molecule has 4 nitrogen and oxygen atoms in total. The summed E-state index contributed by atoms with van der Waals surface area (Å²) in [5.41, 5.74) is 6.73. The van der Waals surface area contributed by atoms with Crippen molar-refractivity contribution >= 4 is 23.3 Å². The first kappa shape index (κ1) is 22.7. The van der Waals surface area contributed by atoms with Gasteiger partial charge in [-0.2, -0.15) is 0 Å². The Bertz CT molecular complexity index is 1340. The molecule has 0 bridgehead atoms. The van der Waals surface area contributed by atoms with Crippen molar-refractivity contribution in [1.29, 1.82) is 0 Å². The van der Waals surface area contributed by atoms with Gasteiger partial charge in [0.2, 0.25) is 0 Å². The van der Waals surface area contributed by atoms with E-state index in [4.69, 9.17) is 9.47 Å². The van der Waals surface area contributed by atoms with Gasteiger partial charge in [0.1, 0.15) is 11.5 Å². The van der Waals surface area contributed by atoms with E-state index in [1.54, 1.807) is 0 Å². The molecule has 4 heteroatoms. The smallest absolute Gasteiger partial charge is 0.338 e. The van der Waals surface area contributed by atoms with Crippen LogP contribution in [0.3, 0.4) is 0 Å². The van der Waals surface area contributed by atoms with Gasteiger partial charge in [0.05, 0.1) is 12.2 Å². The highest BCUT2D eigenvalue weighted by molar-refractivity contribution is 5.99. The molecule has 0 unspecified atom stereocenters. The lowest BCUT2D eigenvalue weighted by atomic mass is 9.88. The molecule has 0 amide bonds. The predicted molar refractivity (Wildman–Crippen MR) is 135 cm³/mol. The highest BCUT2D eigenvalue weighted by atomic mass is 16.5. The molecule has 0 fully saturated rings. The second kappa shape index (κ2) is 9.53. The standard InChI is InChI=1S/C29H31NO3/c1-6-11-20-16-26-23(14-18(20)4)28(21-12-9-10-13-22(21)29(31)32-8-3)24-15-19(5)25(30-7-2)17-27(24)33-26/h9-17,30H,6-8H2,1-5H3/b20-11-. The van der Waals surface area contributed by atoms with E-state index in [0.29, 0.717) is 12.2 Å². The highest BCUT2D eigenvalue weighted by Crippen LogP contribution is 2.40. The van der Waals surface area contributed by atoms with Gasteiger partial charge in [-0.25, -0.2) is 4.79 Å². The van der Waals surface area contributed by atoms with Crippen LogP contribution in [0.15, 0.2) is 48.5 Å². The van der Waals surface area contributed by atoms with Gasteiger partial charge in [-0.3, -0.25) is 0 Å². The molecule has 3 aromatic carbocycles. The number of nitrogens with one attached hydrogen (secondary N) is 1. The summed E-state index contributed by atoms with van der Waals surface area (Å²) >= 11 is 0. The molecular weight excluding hydrogens is 410 g/mol. The molecule has 0 aliphatic carbocycles. The first-order valence-corrected chi connectivity index (χ1v) is 11.7. The van der Waals surface area contributed by atoms with E-state index in [9.17, 15) is 4.79 Å². The van der Waals surface area contributed by atoms with Crippen LogP contribution in [-0.2, 0) is 4.74 Å². The quantitative estimate of drug-likeness (QED) is 0.404. The third-order valence-electron chi connectivity index (χ3n) is 5.94. The molecule has 1 aliphatic heterocycles. The minimum absolute atomic E-state index is 0.316. The van der Waals surface area contributed by atoms with Gasteiger partial charge in [0.15, 0.2) is 0 Å². The molecule has 0 radical (unpaired) electrons. The summed E-state index contributed by atoms with van der Waals surface area (Å²) in [6.07, 6.45) is 3.15. The van der Waals surface area contributed by atoms with Crippen LogP contribution in [0.1, 0.15) is 59.8 Å². The Labute approximate surface area is 195 Å². The SMILES string of the molecule is CC/C=c1/cc2c(cc1C)=C(c1ccccc1C(=O)OCC)c1cc(C)c(NCC)cc1O2. The Morgan fingerprint density at radius 2 is 1.76 bits per heavy atom. The average Bonchev–Trinajstić information content (AvgIpc) is 2.80. The van der Waals surface area contributed by atoms with E-state index < -0.39 is 0 Å². The Kier molecular flexibility index (Phi) is 6.55. The van der Waals surface area contributed by atoms with Crippen LogP contribution in [0.25, 0.3) is 11.6 Å². The molecule has 4 rings (SSSR count). The number of ether oxygens (including phenoxy) is 2. The van der Waals surface area contributed by atoms with Crippen LogP contribution in [-0.4, -0.2) is 19.1 Å². The van der Waals surface area contributed by atoms with E-state index in [1.165, 1.54) is 5.56 Å². The lowest BCUT2D eigenvalue weighted by molar-refractivity contribution is 0.0526. The summed E-state index contributed by atoms with van der Waals surface area (Å²) in [6.45, 7) is 11.4. The zero-order chi connectivity index (χ0) is 23.5. The molecule has 0 spiro atoms. The molecule has 0 saturated carbocycles. The Balaban J connectivity index is 2.10. The fourth-order valence-electron chi connectivity index (χ4n) is 4.41. The summed E-state index contributed by atoms with van der Waals surface area (Å²) in [7, 11) is 0. The van der Waals surface area contributed by atoms with Crippen LogP contribution in [0, 0.1) is 13.8 Å². The van der Waals surface area contributed by atoms with Gasteiger partial charge < -0.3 is 14.8 Å². The van der Waals surface area contributed by atoms with Crippen molar-refractivity contribution in [2.45, 2.75) is 41.0 Å². The number of hydrogen-bond donors (Lipinski definition) is 1. The molecule has 0 saturated heterocycles. The molecule has 0 atom stereocenters. The number of carbonyl (C=O) groups excluding carboxylic acids is 1. The van der Waals surface area contributed by atoms with E-state index >= 15 is 0 Å². The molecule has 3 aromatic rings. The van der Waals surface area contributed by atoms with Crippen LogP contribution in [0.2, 0.25) is 0 Å². The fraction of sp³-hybridized carbons (Fsp3) is 0.276. The maximum absolute atomic E-state index is 12.9. The topological polar surface area (TPSA) is 47.6 Å². The summed E-state index contributed by atoms with van der Waals surface area (Å²) in [6, 6.07) is 16.2. The van der Waals surface area contributed by atoms with E-state index in [1.807, 2.05) is 31.2 Å². The van der Waals surface area contributed by atoms with Crippen molar-refractivity contribution in [3.63, 3.8) is 0 Å². The zero-order valence-electron chi connectivity index (χ0n) is 20.0.